The van der Waals surface area contributed by atoms with Crippen molar-refractivity contribution in [3.8, 4) is 5.69 Å². The van der Waals surface area contributed by atoms with Crippen molar-refractivity contribution in [1.82, 2.24) is 9.55 Å². The van der Waals surface area contributed by atoms with Gasteiger partial charge in [-0.15, -0.1) is 0 Å². The van der Waals surface area contributed by atoms with Gasteiger partial charge in [0.2, 0.25) is 5.91 Å². The van der Waals surface area contributed by atoms with Crippen LogP contribution in [-0.2, 0) is 9.53 Å². The number of hydrogen-bond donors (Lipinski definition) is 1. The number of aromatic nitrogens is 2. The number of nitrogens with one attached hydrogen (secondary N) is 1. The standard InChI is InChI=1S/C25H21N3O4S/c1-16-8-11-18(12-9-16)26-22(29)15-33-25-27-21-14-17(24(31)32-2)10-13-20(21)23(30)28(25)19-6-4-3-5-7-19/h3-14H,15H2,1-2H3,(H,26,29). The summed E-state index contributed by atoms with van der Waals surface area (Å²) in [7, 11) is 1.29. The van der Waals surface area contributed by atoms with Gasteiger partial charge in [-0.1, -0.05) is 47.7 Å². The minimum atomic E-state index is -0.516. The molecule has 0 aliphatic rings. The van der Waals surface area contributed by atoms with Gasteiger partial charge < -0.3 is 10.1 Å². The minimum absolute atomic E-state index is 0.0509. The zero-order chi connectivity index (χ0) is 23.4. The molecule has 0 spiro atoms. The van der Waals surface area contributed by atoms with E-state index in [4.69, 9.17) is 4.74 Å². The maximum absolute atomic E-state index is 13.4. The Balaban J connectivity index is 1.70. The van der Waals surface area contributed by atoms with Crippen molar-refractivity contribution in [1.29, 1.82) is 0 Å². The number of aryl methyl sites for hydroxylation is 1. The summed E-state index contributed by atoms with van der Waals surface area (Å²) >= 11 is 1.15. The molecular weight excluding hydrogens is 438 g/mol. The maximum atomic E-state index is 13.4. The van der Waals surface area contributed by atoms with Crippen molar-refractivity contribution in [3.63, 3.8) is 0 Å². The monoisotopic (exact) mass is 459 g/mol. The van der Waals surface area contributed by atoms with Crippen LogP contribution in [0.2, 0.25) is 0 Å². The van der Waals surface area contributed by atoms with E-state index in [0.29, 0.717) is 33.0 Å². The summed E-state index contributed by atoms with van der Waals surface area (Å²) in [5.74, 6) is -0.686. The Morgan fingerprint density at radius 3 is 2.45 bits per heavy atom. The van der Waals surface area contributed by atoms with Crippen molar-refractivity contribution < 1.29 is 14.3 Å². The zero-order valence-electron chi connectivity index (χ0n) is 18.1. The molecule has 0 bridgehead atoms. The molecule has 1 amide bonds. The first-order chi connectivity index (χ1) is 16.0. The summed E-state index contributed by atoms with van der Waals surface area (Å²) in [6.45, 7) is 1.97. The highest BCUT2D eigenvalue weighted by Gasteiger charge is 2.16. The van der Waals surface area contributed by atoms with E-state index in [1.54, 1.807) is 18.2 Å². The molecule has 0 aliphatic heterocycles. The van der Waals surface area contributed by atoms with Crippen molar-refractivity contribution in [2.75, 3.05) is 18.2 Å². The van der Waals surface area contributed by atoms with Gasteiger partial charge in [0.15, 0.2) is 5.16 Å². The quantitative estimate of drug-likeness (QED) is 0.264. The minimum Gasteiger partial charge on any atom is -0.465 e. The molecular formula is C25H21N3O4S. The fraction of sp³-hybridized carbons (Fsp3) is 0.120. The third-order valence-electron chi connectivity index (χ3n) is 4.94. The van der Waals surface area contributed by atoms with E-state index in [1.165, 1.54) is 23.8 Å². The van der Waals surface area contributed by atoms with Crippen LogP contribution in [0.1, 0.15) is 15.9 Å². The number of thioether (sulfide) groups is 1. The molecule has 0 fully saturated rings. The number of para-hydroxylation sites is 1. The van der Waals surface area contributed by atoms with Crippen LogP contribution in [-0.4, -0.2) is 34.3 Å². The molecule has 0 saturated heterocycles. The van der Waals surface area contributed by atoms with Gasteiger partial charge in [-0.25, -0.2) is 9.78 Å². The molecule has 3 aromatic carbocycles. The molecule has 0 saturated carbocycles. The molecule has 0 radical (unpaired) electrons. The SMILES string of the molecule is COC(=O)c1ccc2c(=O)n(-c3ccccc3)c(SCC(=O)Nc3ccc(C)cc3)nc2c1. The third kappa shape index (κ3) is 4.96. The molecule has 1 N–H and O–H groups in total. The summed E-state index contributed by atoms with van der Waals surface area (Å²) in [5, 5.41) is 3.55. The molecule has 8 heteroatoms. The van der Waals surface area contributed by atoms with Crippen LogP contribution < -0.4 is 10.9 Å². The van der Waals surface area contributed by atoms with Gasteiger partial charge in [0.1, 0.15) is 0 Å². The fourth-order valence-corrected chi connectivity index (χ4v) is 4.09. The summed E-state index contributed by atoms with van der Waals surface area (Å²) in [6.07, 6.45) is 0. The van der Waals surface area contributed by atoms with Gasteiger partial charge in [0, 0.05) is 5.69 Å². The Labute approximate surface area is 194 Å². The molecule has 0 atom stereocenters. The Hall–Kier alpha value is -3.91. The van der Waals surface area contributed by atoms with E-state index >= 15 is 0 Å². The highest BCUT2D eigenvalue weighted by atomic mass is 32.2. The molecule has 1 aromatic heterocycles. The average Bonchev–Trinajstić information content (AvgIpc) is 2.84. The molecule has 4 rings (SSSR count). The highest BCUT2D eigenvalue weighted by Crippen LogP contribution is 2.22. The molecule has 7 nitrogen and oxygen atoms in total. The zero-order valence-corrected chi connectivity index (χ0v) is 18.9. The second kappa shape index (κ2) is 9.70. The van der Waals surface area contributed by atoms with Crippen molar-refractivity contribution in [2.45, 2.75) is 12.1 Å². The first-order valence-electron chi connectivity index (χ1n) is 10.2. The lowest BCUT2D eigenvalue weighted by Crippen LogP contribution is -2.23. The topological polar surface area (TPSA) is 90.3 Å². The van der Waals surface area contributed by atoms with Gasteiger partial charge in [0.25, 0.3) is 5.56 Å². The second-order valence-corrected chi connectivity index (χ2v) is 8.24. The Kier molecular flexibility index (Phi) is 6.55. The first kappa shape index (κ1) is 22.3. The third-order valence-corrected chi connectivity index (χ3v) is 5.88. The summed E-state index contributed by atoms with van der Waals surface area (Å²) in [5.41, 5.74) is 2.79. The summed E-state index contributed by atoms with van der Waals surface area (Å²) in [4.78, 5) is 42.5. The van der Waals surface area contributed by atoms with E-state index in [2.05, 4.69) is 10.3 Å². The van der Waals surface area contributed by atoms with Crippen LogP contribution in [0.25, 0.3) is 16.6 Å². The number of rotatable bonds is 6. The number of amides is 1. The lowest BCUT2D eigenvalue weighted by atomic mass is 10.1. The van der Waals surface area contributed by atoms with Gasteiger partial charge >= 0.3 is 5.97 Å². The van der Waals surface area contributed by atoms with E-state index in [0.717, 1.165) is 17.3 Å². The number of ether oxygens (including phenoxy) is 1. The van der Waals surface area contributed by atoms with E-state index in [9.17, 15) is 14.4 Å². The van der Waals surface area contributed by atoms with Crippen LogP contribution >= 0.6 is 11.8 Å². The molecule has 0 aliphatic carbocycles. The van der Waals surface area contributed by atoms with Gasteiger partial charge in [-0.2, -0.15) is 0 Å². The lowest BCUT2D eigenvalue weighted by Gasteiger charge is -2.13. The number of anilines is 1. The number of benzene rings is 3. The molecule has 0 unspecified atom stereocenters. The van der Waals surface area contributed by atoms with Crippen LogP contribution in [0, 0.1) is 6.92 Å². The predicted molar refractivity (Wildman–Crippen MR) is 129 cm³/mol. The highest BCUT2D eigenvalue weighted by molar-refractivity contribution is 7.99. The average molecular weight is 460 g/mol. The van der Waals surface area contributed by atoms with E-state index < -0.39 is 5.97 Å². The van der Waals surface area contributed by atoms with Crippen molar-refractivity contribution >= 4 is 40.2 Å². The van der Waals surface area contributed by atoms with Crippen LogP contribution in [0.3, 0.4) is 0 Å². The number of esters is 1. The number of carbonyl (C=O) groups excluding carboxylic acids is 2. The summed E-state index contributed by atoms with van der Waals surface area (Å²) in [6, 6.07) is 21.2. The van der Waals surface area contributed by atoms with Gasteiger partial charge in [0.05, 0.1) is 35.0 Å². The number of hydrogen-bond acceptors (Lipinski definition) is 6. The molecule has 33 heavy (non-hydrogen) atoms. The normalized spacial score (nSPS) is 10.7. The predicted octanol–water partition coefficient (Wildman–Crippen LogP) is 4.21. The maximum Gasteiger partial charge on any atom is 0.337 e. The largest absolute Gasteiger partial charge is 0.465 e. The Bertz CT molecular complexity index is 1380. The van der Waals surface area contributed by atoms with Crippen LogP contribution in [0.4, 0.5) is 5.69 Å². The van der Waals surface area contributed by atoms with Gasteiger partial charge in [-0.05, 0) is 49.4 Å². The van der Waals surface area contributed by atoms with Gasteiger partial charge in [-0.3, -0.25) is 14.2 Å². The van der Waals surface area contributed by atoms with Crippen LogP contribution in [0.5, 0.6) is 0 Å². The fourth-order valence-electron chi connectivity index (χ4n) is 3.28. The number of methoxy groups -OCH3 is 1. The summed E-state index contributed by atoms with van der Waals surface area (Å²) < 4.78 is 6.25. The Morgan fingerprint density at radius 1 is 1.03 bits per heavy atom. The van der Waals surface area contributed by atoms with Crippen LogP contribution in [0.15, 0.2) is 82.7 Å². The number of fused-ring (bicyclic) bond motifs is 1. The van der Waals surface area contributed by atoms with Crippen molar-refractivity contribution in [2.24, 2.45) is 0 Å². The molecule has 1 heterocycles. The first-order valence-corrected chi connectivity index (χ1v) is 11.1. The smallest absolute Gasteiger partial charge is 0.337 e. The lowest BCUT2D eigenvalue weighted by molar-refractivity contribution is -0.113. The molecule has 166 valence electrons. The second-order valence-electron chi connectivity index (χ2n) is 7.30. The van der Waals surface area contributed by atoms with E-state index in [-0.39, 0.29) is 17.2 Å². The number of carbonyl (C=O) groups is 2. The number of nitrogens with zero attached hydrogens (tertiary/aromatic N) is 2. The van der Waals surface area contributed by atoms with Crippen molar-refractivity contribution in [3.05, 3.63) is 94.3 Å². The Morgan fingerprint density at radius 2 is 1.76 bits per heavy atom. The van der Waals surface area contributed by atoms with E-state index in [1.807, 2.05) is 49.4 Å². The molecule has 4 aromatic rings.